The summed E-state index contributed by atoms with van der Waals surface area (Å²) in [5, 5.41) is 23.5. The summed E-state index contributed by atoms with van der Waals surface area (Å²) in [5.74, 6) is -0.862. The van der Waals surface area contributed by atoms with Gasteiger partial charge in [-0.2, -0.15) is 26.3 Å². The molecule has 0 fully saturated rings. The summed E-state index contributed by atoms with van der Waals surface area (Å²) in [6.07, 6.45) is -11.8. The van der Waals surface area contributed by atoms with E-state index in [1.807, 2.05) is 0 Å². The molecular weight excluding hydrogens is 762 g/mol. The Morgan fingerprint density at radius 3 is 1.11 bits per heavy atom. The molecule has 0 spiro atoms. The van der Waals surface area contributed by atoms with Crippen molar-refractivity contribution in [1.29, 1.82) is 0 Å². The fourth-order valence-corrected chi connectivity index (χ4v) is 5.92. The Bertz CT molecular complexity index is 2170. The van der Waals surface area contributed by atoms with Crippen LogP contribution >= 0.6 is 0 Å². The molecule has 0 N–H and O–H groups in total. The Morgan fingerprint density at radius 1 is 0.456 bits per heavy atom. The quantitative estimate of drug-likeness (QED) is 0.0607. The number of ether oxygens (including phenoxy) is 4. The third kappa shape index (κ3) is 8.75. The van der Waals surface area contributed by atoms with E-state index in [1.54, 1.807) is 60.7 Å². The van der Waals surface area contributed by atoms with Gasteiger partial charge < -0.3 is 18.9 Å². The van der Waals surface area contributed by atoms with Crippen molar-refractivity contribution in [3.8, 4) is 34.5 Å². The number of benzene rings is 6. The number of rotatable bonds is 14. The van der Waals surface area contributed by atoms with E-state index in [4.69, 9.17) is 18.9 Å². The van der Waals surface area contributed by atoms with Crippen LogP contribution in [0.2, 0.25) is 0 Å². The Balaban J connectivity index is 1.23. The van der Waals surface area contributed by atoms with Crippen molar-refractivity contribution in [3.05, 3.63) is 188 Å². The van der Waals surface area contributed by atoms with Gasteiger partial charge in [0, 0.05) is 0 Å². The maximum atomic E-state index is 14.9. The van der Waals surface area contributed by atoms with Gasteiger partial charge in [-0.1, -0.05) is 84.9 Å². The minimum atomic E-state index is -5.91. The van der Waals surface area contributed by atoms with Gasteiger partial charge in [0.05, 0.1) is 22.0 Å². The number of hydrogen-bond acceptors (Lipinski definition) is 8. The van der Waals surface area contributed by atoms with E-state index in [2.05, 4.69) is 0 Å². The van der Waals surface area contributed by atoms with E-state index >= 15 is 0 Å². The standard InChI is InChI=1S/C41H28F6N2O8/c42-40(43,44)39(41(45,46)47,29-11-15-31(16-12-29)56-33-19-21-37(35(23-33)48(50)51)54-25-27-7-3-1-4-8-27)30-13-17-32(18-14-30)57-34-20-22-38(36(24-34)49(52)53)55-26-28-9-5-2-6-10-28/h1-24H,25-26H2. The topological polar surface area (TPSA) is 123 Å². The van der Waals surface area contributed by atoms with Crippen LogP contribution in [0.3, 0.4) is 0 Å². The molecule has 0 bridgehead atoms. The molecule has 0 aliphatic rings. The van der Waals surface area contributed by atoms with Gasteiger partial charge in [-0.3, -0.25) is 20.2 Å². The predicted molar refractivity (Wildman–Crippen MR) is 194 cm³/mol. The number of nitro groups is 2. The zero-order valence-corrected chi connectivity index (χ0v) is 29.2. The lowest BCUT2D eigenvalue weighted by molar-refractivity contribution is -0.386. The van der Waals surface area contributed by atoms with Gasteiger partial charge in [0.15, 0.2) is 11.5 Å². The first-order valence-electron chi connectivity index (χ1n) is 16.8. The van der Waals surface area contributed by atoms with Crippen molar-refractivity contribution < 1.29 is 55.1 Å². The molecule has 0 radical (unpaired) electrons. The highest BCUT2D eigenvalue weighted by molar-refractivity contribution is 5.54. The SMILES string of the molecule is O=[N+]([O-])c1cc(Oc2ccc(C(c3ccc(Oc4ccc(OCc5ccccc5)c([N+](=O)[O-])c4)cc3)(C(F)(F)F)C(F)(F)F)cc2)ccc1OCc1ccccc1. The third-order valence-electron chi connectivity index (χ3n) is 8.63. The summed E-state index contributed by atoms with van der Waals surface area (Å²) >= 11 is 0. The van der Waals surface area contributed by atoms with E-state index in [-0.39, 0.29) is 47.7 Å². The average Bonchev–Trinajstić information content (AvgIpc) is 3.18. The van der Waals surface area contributed by atoms with Gasteiger partial charge in [-0.25, -0.2) is 0 Å². The molecule has 0 unspecified atom stereocenters. The maximum Gasteiger partial charge on any atom is 0.411 e. The first-order chi connectivity index (χ1) is 27.2. The fourth-order valence-electron chi connectivity index (χ4n) is 5.92. The van der Waals surface area contributed by atoms with Crippen molar-refractivity contribution in [1.82, 2.24) is 0 Å². The molecule has 10 nitrogen and oxygen atoms in total. The second-order valence-electron chi connectivity index (χ2n) is 12.3. The van der Waals surface area contributed by atoms with Crippen LogP contribution in [0.15, 0.2) is 146 Å². The monoisotopic (exact) mass is 790 g/mol. The molecule has 292 valence electrons. The molecule has 16 heteroatoms. The fraction of sp³-hybridized carbons (Fsp3) is 0.122. The summed E-state index contributed by atoms with van der Waals surface area (Å²) < 4.78 is 111. The van der Waals surface area contributed by atoms with Crippen molar-refractivity contribution in [2.75, 3.05) is 0 Å². The Morgan fingerprint density at radius 2 is 0.789 bits per heavy atom. The number of alkyl halides is 6. The van der Waals surface area contributed by atoms with Gasteiger partial charge >= 0.3 is 23.7 Å². The first-order valence-corrected chi connectivity index (χ1v) is 16.8. The van der Waals surface area contributed by atoms with Crippen LogP contribution in [0.25, 0.3) is 0 Å². The second kappa shape index (κ2) is 16.3. The molecule has 0 amide bonds. The normalized spacial score (nSPS) is 11.8. The largest absolute Gasteiger partial charge is 0.482 e. The summed E-state index contributed by atoms with van der Waals surface area (Å²) in [6.45, 7) is 0.0349. The smallest absolute Gasteiger partial charge is 0.411 e. The van der Waals surface area contributed by atoms with Crippen LogP contribution in [-0.4, -0.2) is 22.2 Å². The van der Waals surface area contributed by atoms with Crippen molar-refractivity contribution >= 4 is 11.4 Å². The lowest BCUT2D eigenvalue weighted by Gasteiger charge is -2.38. The average molecular weight is 791 g/mol. The molecule has 0 heterocycles. The number of nitrogens with zero attached hydrogens (tertiary/aromatic N) is 2. The van der Waals surface area contributed by atoms with Gasteiger partial charge in [-0.15, -0.1) is 0 Å². The summed E-state index contributed by atoms with van der Waals surface area (Å²) in [5.41, 5.74) is -6.39. The van der Waals surface area contributed by atoms with Gasteiger partial charge in [-0.05, 0) is 70.8 Å². The number of hydrogen-bond donors (Lipinski definition) is 0. The molecular formula is C41H28F6N2O8. The molecule has 0 aromatic heterocycles. The molecule has 6 aromatic rings. The minimum absolute atomic E-state index is 0.0174. The highest BCUT2D eigenvalue weighted by Crippen LogP contribution is 2.56. The predicted octanol–water partition coefficient (Wildman–Crippen LogP) is 11.7. The lowest BCUT2D eigenvalue weighted by Crippen LogP contribution is -2.54. The van der Waals surface area contributed by atoms with Crippen LogP contribution < -0.4 is 18.9 Å². The molecule has 0 saturated carbocycles. The zero-order chi connectivity index (χ0) is 40.8. The van der Waals surface area contributed by atoms with Gasteiger partial charge in [0.25, 0.3) is 0 Å². The summed E-state index contributed by atoms with van der Waals surface area (Å²) in [6, 6.07) is 30.7. The third-order valence-corrected chi connectivity index (χ3v) is 8.63. The van der Waals surface area contributed by atoms with Crippen LogP contribution in [-0.2, 0) is 18.6 Å². The van der Waals surface area contributed by atoms with Crippen molar-refractivity contribution in [2.45, 2.75) is 31.0 Å². The first kappa shape index (κ1) is 39.6. The Kier molecular flexibility index (Phi) is 11.3. The van der Waals surface area contributed by atoms with E-state index < -0.39 is 50.1 Å². The van der Waals surface area contributed by atoms with Crippen LogP contribution in [0.4, 0.5) is 37.7 Å². The Hall–Kier alpha value is -7.10. The molecule has 0 aliphatic heterocycles. The molecule has 57 heavy (non-hydrogen) atoms. The van der Waals surface area contributed by atoms with E-state index in [0.717, 1.165) is 47.5 Å². The summed E-state index contributed by atoms with van der Waals surface area (Å²) in [7, 11) is 0. The van der Waals surface area contributed by atoms with Crippen LogP contribution in [0, 0.1) is 20.2 Å². The van der Waals surface area contributed by atoms with Gasteiger partial charge in [0.1, 0.15) is 36.2 Å². The number of halogens is 6. The maximum absolute atomic E-state index is 14.9. The van der Waals surface area contributed by atoms with Crippen LogP contribution in [0.1, 0.15) is 22.3 Å². The highest BCUT2D eigenvalue weighted by atomic mass is 19.4. The minimum Gasteiger partial charge on any atom is -0.482 e. The van der Waals surface area contributed by atoms with Crippen molar-refractivity contribution in [2.24, 2.45) is 0 Å². The lowest BCUT2D eigenvalue weighted by atomic mass is 9.73. The van der Waals surface area contributed by atoms with Gasteiger partial charge in [0.2, 0.25) is 5.41 Å². The molecule has 0 aliphatic carbocycles. The highest BCUT2D eigenvalue weighted by Gasteiger charge is 2.72. The summed E-state index contributed by atoms with van der Waals surface area (Å²) in [4.78, 5) is 22.1. The van der Waals surface area contributed by atoms with Crippen LogP contribution in [0.5, 0.6) is 34.5 Å². The zero-order valence-electron chi connectivity index (χ0n) is 29.2. The van der Waals surface area contributed by atoms with E-state index in [1.165, 1.54) is 24.3 Å². The molecule has 6 rings (SSSR count). The van der Waals surface area contributed by atoms with E-state index in [0.29, 0.717) is 24.3 Å². The number of nitro benzene ring substituents is 2. The molecule has 6 aromatic carbocycles. The second-order valence-corrected chi connectivity index (χ2v) is 12.3. The van der Waals surface area contributed by atoms with E-state index in [9.17, 15) is 46.6 Å². The Labute approximate surface area is 319 Å². The molecule has 0 saturated heterocycles. The molecule has 0 atom stereocenters. The van der Waals surface area contributed by atoms with Crippen molar-refractivity contribution in [3.63, 3.8) is 0 Å².